The minimum Gasteiger partial charge on any atom is -0.393 e. The highest BCUT2D eigenvalue weighted by Gasteiger charge is 2.32. The van der Waals surface area contributed by atoms with E-state index in [2.05, 4.69) is 5.32 Å². The number of carbonyl (C=O) groups excluding carboxylic acids is 1. The highest BCUT2D eigenvalue weighted by Crippen LogP contribution is 2.23. The Hall–Kier alpha value is -1.99. The molecule has 0 atom stereocenters. The molecule has 0 bridgehead atoms. The predicted molar refractivity (Wildman–Crippen MR) is 62.8 cm³/mol. The van der Waals surface area contributed by atoms with Gasteiger partial charge in [0.15, 0.2) is 0 Å². The third-order valence-electron chi connectivity index (χ3n) is 2.59. The summed E-state index contributed by atoms with van der Waals surface area (Å²) in [5.74, 6) is -0.420. The van der Waals surface area contributed by atoms with E-state index in [4.69, 9.17) is 0 Å². The highest BCUT2D eigenvalue weighted by atomic mass is 16.6. The number of rotatable bonds is 5. The molecule has 7 heteroatoms. The Labute approximate surface area is 103 Å². The van der Waals surface area contributed by atoms with Gasteiger partial charge in [-0.25, -0.2) is 0 Å². The molecule has 0 aliphatic carbocycles. The van der Waals surface area contributed by atoms with E-state index >= 15 is 0 Å². The second-order valence-corrected chi connectivity index (χ2v) is 3.88. The molecule has 0 unspecified atom stereocenters. The number of aliphatic hydroxyl groups excluding tert-OH is 2. The molecule has 18 heavy (non-hydrogen) atoms. The molecule has 7 nitrogen and oxygen atoms in total. The van der Waals surface area contributed by atoms with Gasteiger partial charge in [-0.2, -0.15) is 0 Å². The van der Waals surface area contributed by atoms with Crippen molar-refractivity contribution in [2.75, 3.05) is 13.2 Å². The smallest absolute Gasteiger partial charge is 0.269 e. The number of benzene rings is 1. The molecular weight excluding hydrogens is 240 g/mol. The summed E-state index contributed by atoms with van der Waals surface area (Å²) in [6.45, 7) is 0.229. The van der Waals surface area contributed by atoms with E-state index in [0.717, 1.165) is 0 Å². The van der Waals surface area contributed by atoms with Crippen LogP contribution in [0.5, 0.6) is 0 Å². The van der Waals surface area contributed by atoms with E-state index in [1.807, 2.05) is 0 Å². The van der Waals surface area contributed by atoms with Gasteiger partial charge in [0.2, 0.25) is 5.91 Å². The van der Waals surface area contributed by atoms with Gasteiger partial charge >= 0.3 is 0 Å². The maximum atomic E-state index is 11.1. The Morgan fingerprint density at radius 1 is 1.33 bits per heavy atom. The zero-order valence-corrected chi connectivity index (χ0v) is 9.79. The summed E-state index contributed by atoms with van der Waals surface area (Å²) in [4.78, 5) is 21.0. The molecule has 1 amide bonds. The molecule has 0 heterocycles. The van der Waals surface area contributed by atoms with Gasteiger partial charge in [-0.05, 0) is 17.7 Å². The number of aliphatic hydroxyl groups is 2. The second kappa shape index (κ2) is 5.56. The molecule has 1 aromatic rings. The van der Waals surface area contributed by atoms with E-state index in [1.54, 1.807) is 0 Å². The minimum atomic E-state index is -1.33. The molecule has 0 saturated carbocycles. The second-order valence-electron chi connectivity index (χ2n) is 3.88. The Bertz CT molecular complexity index is 439. The van der Waals surface area contributed by atoms with Crippen molar-refractivity contribution in [3.63, 3.8) is 0 Å². The van der Waals surface area contributed by atoms with E-state index in [0.29, 0.717) is 5.56 Å². The third-order valence-corrected chi connectivity index (χ3v) is 2.59. The van der Waals surface area contributed by atoms with E-state index < -0.39 is 29.6 Å². The first-order chi connectivity index (χ1) is 8.45. The Balaban J connectivity index is 3.13. The zero-order valence-electron chi connectivity index (χ0n) is 9.79. The molecule has 1 aromatic carbocycles. The number of nitro benzene ring substituents is 1. The lowest BCUT2D eigenvalue weighted by molar-refractivity contribution is -0.384. The quantitative estimate of drug-likeness (QED) is 0.502. The Kier molecular flexibility index (Phi) is 4.35. The number of non-ortho nitro benzene ring substituents is 1. The van der Waals surface area contributed by atoms with Crippen LogP contribution in [0.2, 0.25) is 0 Å². The molecule has 0 radical (unpaired) electrons. The van der Waals surface area contributed by atoms with Crippen LogP contribution in [0.1, 0.15) is 12.5 Å². The summed E-state index contributed by atoms with van der Waals surface area (Å²) in [7, 11) is 0. The summed E-state index contributed by atoms with van der Waals surface area (Å²) >= 11 is 0. The summed E-state index contributed by atoms with van der Waals surface area (Å²) in [6, 6.07) is 5.27. The first kappa shape index (κ1) is 14.1. The maximum Gasteiger partial charge on any atom is 0.269 e. The predicted octanol–water partition coefficient (Wildman–Crippen LogP) is -0.0892. The molecule has 0 aliphatic heterocycles. The van der Waals surface area contributed by atoms with Gasteiger partial charge in [0, 0.05) is 19.1 Å². The van der Waals surface area contributed by atoms with Crippen molar-refractivity contribution >= 4 is 11.6 Å². The molecule has 0 spiro atoms. The average Bonchev–Trinajstić information content (AvgIpc) is 2.36. The molecular formula is C11H14N2O5. The number of hydrogen-bond donors (Lipinski definition) is 3. The number of nitro groups is 1. The lowest BCUT2D eigenvalue weighted by Gasteiger charge is -2.31. The Morgan fingerprint density at radius 3 is 2.17 bits per heavy atom. The molecule has 1 rings (SSSR count). The van der Waals surface area contributed by atoms with Gasteiger partial charge in [0.05, 0.1) is 18.1 Å². The fraction of sp³-hybridized carbons (Fsp3) is 0.364. The maximum absolute atomic E-state index is 11.1. The Morgan fingerprint density at radius 2 is 1.83 bits per heavy atom. The van der Waals surface area contributed by atoms with Gasteiger partial charge in [-0.3, -0.25) is 14.9 Å². The molecule has 0 saturated heterocycles. The largest absolute Gasteiger partial charge is 0.393 e. The van der Waals surface area contributed by atoms with E-state index in [-0.39, 0.29) is 5.69 Å². The van der Waals surface area contributed by atoms with Crippen molar-refractivity contribution in [1.29, 1.82) is 0 Å². The highest BCUT2D eigenvalue weighted by molar-refractivity contribution is 5.74. The van der Waals surface area contributed by atoms with E-state index in [1.165, 1.54) is 31.2 Å². The van der Waals surface area contributed by atoms with Crippen LogP contribution in [0.15, 0.2) is 24.3 Å². The van der Waals surface area contributed by atoms with Crippen molar-refractivity contribution in [2.24, 2.45) is 0 Å². The fourth-order valence-corrected chi connectivity index (χ4v) is 1.62. The van der Waals surface area contributed by atoms with Gasteiger partial charge in [-0.1, -0.05) is 0 Å². The van der Waals surface area contributed by atoms with Crippen LogP contribution in [-0.4, -0.2) is 34.3 Å². The first-order valence-electron chi connectivity index (χ1n) is 5.20. The summed E-state index contributed by atoms with van der Waals surface area (Å²) in [5.41, 5.74) is -1.04. The van der Waals surface area contributed by atoms with Crippen LogP contribution in [0, 0.1) is 10.1 Å². The summed E-state index contributed by atoms with van der Waals surface area (Å²) in [5, 5.41) is 31.7. The topological polar surface area (TPSA) is 113 Å². The molecule has 0 fully saturated rings. The molecule has 3 N–H and O–H groups in total. The number of hydrogen-bond acceptors (Lipinski definition) is 5. The first-order valence-corrected chi connectivity index (χ1v) is 5.20. The number of carbonyl (C=O) groups is 1. The van der Waals surface area contributed by atoms with Gasteiger partial charge in [0.25, 0.3) is 5.69 Å². The van der Waals surface area contributed by atoms with Crippen molar-refractivity contribution < 1.29 is 19.9 Å². The fourth-order valence-electron chi connectivity index (χ4n) is 1.62. The van der Waals surface area contributed by atoms with Crippen LogP contribution in [0.4, 0.5) is 5.69 Å². The molecule has 98 valence electrons. The summed E-state index contributed by atoms with van der Waals surface area (Å²) < 4.78 is 0. The van der Waals surface area contributed by atoms with Crippen molar-refractivity contribution in [2.45, 2.75) is 12.5 Å². The van der Waals surface area contributed by atoms with Crippen molar-refractivity contribution in [3.8, 4) is 0 Å². The molecule has 0 aromatic heterocycles. The lowest BCUT2D eigenvalue weighted by atomic mass is 9.91. The number of nitrogens with zero attached hydrogens (tertiary/aromatic N) is 1. The van der Waals surface area contributed by atoms with Crippen LogP contribution in [0.25, 0.3) is 0 Å². The lowest BCUT2D eigenvalue weighted by Crippen LogP contribution is -2.50. The van der Waals surface area contributed by atoms with Crippen molar-refractivity contribution in [3.05, 3.63) is 39.9 Å². The average molecular weight is 254 g/mol. The van der Waals surface area contributed by atoms with Crippen LogP contribution in [-0.2, 0) is 10.3 Å². The van der Waals surface area contributed by atoms with Crippen LogP contribution >= 0.6 is 0 Å². The normalized spacial score (nSPS) is 11.1. The van der Waals surface area contributed by atoms with Gasteiger partial charge < -0.3 is 15.5 Å². The number of nitrogens with one attached hydrogen (secondary N) is 1. The van der Waals surface area contributed by atoms with Crippen molar-refractivity contribution in [1.82, 2.24) is 5.32 Å². The SMILES string of the molecule is CC(=O)NC(CO)(CO)c1ccc([N+](=O)[O-])cc1. The molecule has 0 aliphatic rings. The van der Waals surface area contributed by atoms with Crippen LogP contribution < -0.4 is 5.32 Å². The van der Waals surface area contributed by atoms with Gasteiger partial charge in [0.1, 0.15) is 5.54 Å². The van der Waals surface area contributed by atoms with Gasteiger partial charge in [-0.15, -0.1) is 0 Å². The van der Waals surface area contributed by atoms with Crippen LogP contribution in [0.3, 0.4) is 0 Å². The standard InChI is InChI=1S/C11H14N2O5/c1-8(16)12-11(6-14,7-15)9-2-4-10(5-3-9)13(17)18/h2-5,14-15H,6-7H2,1H3,(H,12,16). The monoisotopic (exact) mass is 254 g/mol. The third kappa shape index (κ3) is 2.82. The number of amides is 1. The zero-order chi connectivity index (χ0) is 13.8. The van der Waals surface area contributed by atoms with E-state index in [9.17, 15) is 25.1 Å². The minimum absolute atomic E-state index is 0.105. The summed E-state index contributed by atoms with van der Waals surface area (Å²) in [6.07, 6.45) is 0.